The maximum absolute atomic E-state index is 6.66. The van der Waals surface area contributed by atoms with E-state index in [4.69, 9.17) is 16.3 Å². The van der Waals surface area contributed by atoms with Crippen molar-refractivity contribution < 1.29 is 4.74 Å². The first kappa shape index (κ1) is 14.8. The van der Waals surface area contributed by atoms with Crippen molar-refractivity contribution in [3.05, 3.63) is 49.6 Å². The van der Waals surface area contributed by atoms with Crippen molar-refractivity contribution in [3.8, 4) is 5.75 Å². The maximum Gasteiger partial charge on any atom is 0.133 e. The molecule has 0 fully saturated rings. The van der Waals surface area contributed by atoms with Gasteiger partial charge in [0.15, 0.2) is 0 Å². The molecular weight excluding hydrogens is 376 g/mol. The molecule has 0 saturated carbocycles. The predicted molar refractivity (Wildman–Crippen MR) is 92.6 cm³/mol. The van der Waals surface area contributed by atoms with Crippen LogP contribution in [0, 0.1) is 0 Å². The second kappa shape index (κ2) is 6.30. The molecule has 1 unspecified atom stereocenters. The maximum atomic E-state index is 6.66. The zero-order valence-corrected chi connectivity index (χ0v) is 15.0. The van der Waals surface area contributed by atoms with Crippen molar-refractivity contribution in [3.63, 3.8) is 0 Å². The third-order valence-corrected chi connectivity index (χ3v) is 6.91. The lowest BCUT2D eigenvalue weighted by Crippen LogP contribution is -1.96. The molecule has 2 aromatic rings. The molecule has 0 saturated heterocycles. The van der Waals surface area contributed by atoms with Crippen molar-refractivity contribution in [2.45, 2.75) is 17.6 Å². The minimum Gasteiger partial charge on any atom is -0.496 e. The van der Waals surface area contributed by atoms with Crippen molar-refractivity contribution in [1.29, 1.82) is 0 Å². The summed E-state index contributed by atoms with van der Waals surface area (Å²) in [5.74, 6) is 3.19. The van der Waals surface area contributed by atoms with Crippen LogP contribution >= 0.6 is 50.6 Å². The van der Waals surface area contributed by atoms with Gasteiger partial charge >= 0.3 is 0 Å². The Labute approximate surface area is 140 Å². The smallest absolute Gasteiger partial charge is 0.133 e. The van der Waals surface area contributed by atoms with E-state index in [-0.39, 0.29) is 5.38 Å². The third-order valence-electron chi connectivity index (χ3n) is 3.37. The van der Waals surface area contributed by atoms with Crippen LogP contribution in [0.5, 0.6) is 5.75 Å². The number of ether oxygens (including phenoxy) is 1. The molecule has 2 heterocycles. The summed E-state index contributed by atoms with van der Waals surface area (Å²) in [6.45, 7) is 0. The van der Waals surface area contributed by atoms with E-state index in [1.54, 1.807) is 7.11 Å². The van der Waals surface area contributed by atoms with Crippen LogP contribution in [0.15, 0.2) is 28.7 Å². The second-order valence-corrected chi connectivity index (χ2v) is 8.22. The zero-order valence-electron chi connectivity index (χ0n) is 11.0. The van der Waals surface area contributed by atoms with Gasteiger partial charge in [0, 0.05) is 15.5 Å². The van der Waals surface area contributed by atoms with Crippen molar-refractivity contribution in [2.75, 3.05) is 12.9 Å². The Balaban J connectivity index is 1.90. The van der Waals surface area contributed by atoms with E-state index >= 15 is 0 Å². The molecule has 1 aliphatic rings. The average molecular weight is 390 g/mol. The highest BCUT2D eigenvalue weighted by Gasteiger charge is 2.19. The van der Waals surface area contributed by atoms with Gasteiger partial charge in [-0.3, -0.25) is 0 Å². The fourth-order valence-electron chi connectivity index (χ4n) is 2.30. The fraction of sp³-hybridized carbons (Fsp3) is 0.333. The van der Waals surface area contributed by atoms with E-state index in [9.17, 15) is 0 Å². The molecule has 1 aromatic heterocycles. The molecule has 1 atom stereocenters. The van der Waals surface area contributed by atoms with Crippen LogP contribution in [0.1, 0.15) is 26.3 Å². The number of hydrogen-bond donors (Lipinski definition) is 0. The van der Waals surface area contributed by atoms with Crippen LogP contribution in [0.4, 0.5) is 0 Å². The lowest BCUT2D eigenvalue weighted by molar-refractivity contribution is 0.412. The van der Waals surface area contributed by atoms with Gasteiger partial charge in [-0.05, 0) is 57.4 Å². The monoisotopic (exact) mass is 388 g/mol. The highest BCUT2D eigenvalue weighted by atomic mass is 79.9. The molecule has 0 N–H and O–H groups in total. The van der Waals surface area contributed by atoms with Crippen molar-refractivity contribution in [1.82, 2.24) is 0 Å². The number of methoxy groups -OCH3 is 1. The first-order valence-electron chi connectivity index (χ1n) is 6.36. The molecule has 1 aliphatic heterocycles. The Hall–Kier alpha value is -0.160. The molecule has 3 rings (SSSR count). The summed E-state index contributed by atoms with van der Waals surface area (Å²) in [5.41, 5.74) is 2.57. The SMILES string of the molecule is COc1ccc(C(Cl)c2cc3c(s2)CCSC3)cc1Br. The van der Waals surface area contributed by atoms with E-state index in [1.807, 2.05) is 41.3 Å². The molecule has 0 aliphatic carbocycles. The highest BCUT2D eigenvalue weighted by molar-refractivity contribution is 9.10. The Bertz CT molecular complexity index is 603. The van der Waals surface area contributed by atoms with Crippen LogP contribution in [0.2, 0.25) is 0 Å². The summed E-state index contributed by atoms with van der Waals surface area (Å²) >= 11 is 14.0. The molecular formula is C15H14BrClOS2. The number of fused-ring (bicyclic) bond motifs is 1. The topological polar surface area (TPSA) is 9.23 Å². The van der Waals surface area contributed by atoms with Gasteiger partial charge in [0.05, 0.1) is 17.0 Å². The van der Waals surface area contributed by atoms with E-state index < -0.39 is 0 Å². The molecule has 20 heavy (non-hydrogen) atoms. The highest BCUT2D eigenvalue weighted by Crippen LogP contribution is 2.40. The molecule has 0 bridgehead atoms. The predicted octanol–water partition coefficient (Wildman–Crippen LogP) is 5.64. The summed E-state index contributed by atoms with van der Waals surface area (Å²) in [4.78, 5) is 2.76. The molecule has 0 spiro atoms. The van der Waals surface area contributed by atoms with Crippen LogP contribution in [-0.2, 0) is 12.2 Å². The standard InChI is InChI=1S/C15H14BrClOS2/c1-18-12-3-2-9(6-11(12)16)15(17)14-7-10-8-19-5-4-13(10)20-14/h2-3,6-7,15H,4-5,8H2,1H3. The number of thioether (sulfide) groups is 1. The summed E-state index contributed by atoms with van der Waals surface area (Å²) in [5, 5.41) is -0.0854. The number of hydrogen-bond acceptors (Lipinski definition) is 3. The van der Waals surface area contributed by atoms with Crippen molar-refractivity contribution >= 4 is 50.6 Å². The van der Waals surface area contributed by atoms with Gasteiger partial charge < -0.3 is 4.74 Å². The van der Waals surface area contributed by atoms with Gasteiger partial charge in [-0.1, -0.05) is 6.07 Å². The minimum absolute atomic E-state index is 0.0854. The second-order valence-electron chi connectivity index (χ2n) is 4.66. The van der Waals surface area contributed by atoms with E-state index in [0.29, 0.717) is 0 Å². The van der Waals surface area contributed by atoms with E-state index in [2.05, 4.69) is 22.0 Å². The lowest BCUT2D eigenvalue weighted by atomic mass is 10.1. The largest absolute Gasteiger partial charge is 0.496 e. The fourth-order valence-corrected chi connectivity index (χ4v) is 5.57. The Morgan fingerprint density at radius 3 is 2.90 bits per heavy atom. The third kappa shape index (κ3) is 2.89. The summed E-state index contributed by atoms with van der Waals surface area (Å²) in [6, 6.07) is 8.32. The minimum atomic E-state index is -0.0854. The Kier molecular flexibility index (Phi) is 4.65. The van der Waals surface area contributed by atoms with Gasteiger partial charge in [-0.15, -0.1) is 22.9 Å². The lowest BCUT2D eigenvalue weighted by Gasteiger charge is -2.10. The van der Waals surface area contributed by atoms with Crippen LogP contribution < -0.4 is 4.74 Å². The Morgan fingerprint density at radius 2 is 2.20 bits per heavy atom. The normalized spacial score (nSPS) is 15.8. The summed E-state index contributed by atoms with van der Waals surface area (Å²) < 4.78 is 6.21. The molecule has 0 radical (unpaired) electrons. The van der Waals surface area contributed by atoms with Gasteiger partial charge in [-0.25, -0.2) is 0 Å². The number of rotatable bonds is 3. The Morgan fingerprint density at radius 1 is 1.35 bits per heavy atom. The van der Waals surface area contributed by atoms with Gasteiger partial charge in [0.1, 0.15) is 5.75 Å². The first-order chi connectivity index (χ1) is 9.69. The number of thiophene rings is 1. The number of alkyl halides is 1. The molecule has 5 heteroatoms. The number of benzene rings is 1. The van der Waals surface area contributed by atoms with Crippen LogP contribution in [0.3, 0.4) is 0 Å². The van der Waals surface area contributed by atoms with Gasteiger partial charge in [0.2, 0.25) is 0 Å². The van der Waals surface area contributed by atoms with Crippen molar-refractivity contribution in [2.24, 2.45) is 0 Å². The number of aryl methyl sites for hydroxylation is 1. The summed E-state index contributed by atoms with van der Waals surface area (Å²) in [6.07, 6.45) is 1.18. The first-order valence-corrected chi connectivity index (χ1v) is 9.56. The molecule has 0 amide bonds. The zero-order chi connectivity index (χ0) is 14.1. The van der Waals surface area contributed by atoms with E-state index in [1.165, 1.54) is 27.5 Å². The molecule has 1 aromatic carbocycles. The van der Waals surface area contributed by atoms with E-state index in [0.717, 1.165) is 21.5 Å². The number of halogens is 2. The summed E-state index contributed by atoms with van der Waals surface area (Å²) in [7, 11) is 1.67. The van der Waals surface area contributed by atoms with Crippen LogP contribution in [-0.4, -0.2) is 12.9 Å². The average Bonchev–Trinajstić information content (AvgIpc) is 2.90. The van der Waals surface area contributed by atoms with Gasteiger partial charge in [-0.2, -0.15) is 11.8 Å². The quantitative estimate of drug-likeness (QED) is 0.628. The molecule has 1 nitrogen and oxygen atoms in total. The van der Waals surface area contributed by atoms with Gasteiger partial charge in [0.25, 0.3) is 0 Å². The van der Waals surface area contributed by atoms with Crippen LogP contribution in [0.25, 0.3) is 0 Å². The molecule has 106 valence electrons.